The van der Waals surface area contributed by atoms with Gasteiger partial charge in [0.25, 0.3) is 0 Å². The number of carbonyl (C=O) groups is 1. The van der Waals surface area contributed by atoms with Crippen molar-refractivity contribution in [2.75, 3.05) is 39.6 Å². The molecule has 20 heavy (non-hydrogen) atoms. The van der Waals surface area contributed by atoms with Crippen molar-refractivity contribution in [3.8, 4) is 5.75 Å². The first kappa shape index (κ1) is 14.8. The van der Waals surface area contributed by atoms with Gasteiger partial charge in [-0.05, 0) is 52.2 Å². The van der Waals surface area contributed by atoms with E-state index in [1.165, 1.54) is 0 Å². The monoisotopic (exact) mass is 277 g/mol. The SMILES string of the molecule is COc1ccccc1NC(=O)C1(N(C)C)CCNCC1. The molecule has 5 nitrogen and oxygen atoms in total. The van der Waals surface area contributed by atoms with Crippen LogP contribution in [0.15, 0.2) is 24.3 Å². The average molecular weight is 277 g/mol. The van der Waals surface area contributed by atoms with Crippen molar-refractivity contribution in [3.05, 3.63) is 24.3 Å². The number of carbonyl (C=O) groups excluding carboxylic acids is 1. The second-order valence-corrected chi connectivity index (χ2v) is 5.33. The smallest absolute Gasteiger partial charge is 0.245 e. The first-order valence-electron chi connectivity index (χ1n) is 6.93. The lowest BCUT2D eigenvalue weighted by molar-refractivity contribution is -0.128. The van der Waals surface area contributed by atoms with Crippen LogP contribution in [0, 0.1) is 0 Å². The zero-order valence-corrected chi connectivity index (χ0v) is 12.4. The highest BCUT2D eigenvalue weighted by atomic mass is 16.5. The largest absolute Gasteiger partial charge is 0.495 e. The predicted octanol–water partition coefficient (Wildman–Crippen LogP) is 1.32. The Morgan fingerprint density at radius 2 is 1.95 bits per heavy atom. The fourth-order valence-corrected chi connectivity index (χ4v) is 2.70. The third-order valence-corrected chi connectivity index (χ3v) is 4.06. The topological polar surface area (TPSA) is 53.6 Å². The van der Waals surface area contributed by atoms with Crippen molar-refractivity contribution in [2.24, 2.45) is 0 Å². The number of amides is 1. The predicted molar refractivity (Wildman–Crippen MR) is 80.1 cm³/mol. The molecule has 0 radical (unpaired) electrons. The Hall–Kier alpha value is -1.59. The molecule has 0 saturated carbocycles. The number of piperidine rings is 1. The van der Waals surface area contributed by atoms with Crippen LogP contribution in [0.3, 0.4) is 0 Å². The minimum atomic E-state index is -0.452. The molecule has 1 aliphatic rings. The van der Waals surface area contributed by atoms with Crippen LogP contribution in [-0.2, 0) is 4.79 Å². The fraction of sp³-hybridized carbons (Fsp3) is 0.533. The molecule has 2 rings (SSSR count). The summed E-state index contributed by atoms with van der Waals surface area (Å²) in [5.41, 5.74) is 0.270. The maximum Gasteiger partial charge on any atom is 0.245 e. The molecule has 5 heteroatoms. The lowest BCUT2D eigenvalue weighted by Crippen LogP contribution is -2.58. The van der Waals surface area contributed by atoms with Gasteiger partial charge in [-0.15, -0.1) is 0 Å². The number of hydrogen-bond acceptors (Lipinski definition) is 4. The van der Waals surface area contributed by atoms with Gasteiger partial charge in [-0.25, -0.2) is 0 Å². The summed E-state index contributed by atoms with van der Waals surface area (Å²) in [4.78, 5) is 14.8. The van der Waals surface area contributed by atoms with Gasteiger partial charge in [-0.2, -0.15) is 0 Å². The summed E-state index contributed by atoms with van der Waals surface area (Å²) < 4.78 is 5.29. The summed E-state index contributed by atoms with van der Waals surface area (Å²) >= 11 is 0. The molecular formula is C15H23N3O2. The highest BCUT2D eigenvalue weighted by molar-refractivity contribution is 5.99. The van der Waals surface area contributed by atoms with E-state index in [2.05, 4.69) is 10.6 Å². The van der Waals surface area contributed by atoms with Gasteiger partial charge in [0.15, 0.2) is 0 Å². The molecule has 1 amide bonds. The van der Waals surface area contributed by atoms with Gasteiger partial charge in [0.1, 0.15) is 11.3 Å². The van der Waals surface area contributed by atoms with Crippen LogP contribution in [0.25, 0.3) is 0 Å². The van der Waals surface area contributed by atoms with Crippen molar-refractivity contribution in [2.45, 2.75) is 18.4 Å². The minimum Gasteiger partial charge on any atom is -0.495 e. The van der Waals surface area contributed by atoms with Crippen LogP contribution in [0.1, 0.15) is 12.8 Å². The molecule has 110 valence electrons. The van der Waals surface area contributed by atoms with Gasteiger partial charge in [-0.3, -0.25) is 9.69 Å². The first-order chi connectivity index (χ1) is 9.60. The summed E-state index contributed by atoms with van der Waals surface area (Å²) in [7, 11) is 5.54. The highest BCUT2D eigenvalue weighted by Gasteiger charge is 2.41. The molecule has 1 saturated heterocycles. The van der Waals surface area contributed by atoms with Crippen LogP contribution in [0.5, 0.6) is 5.75 Å². The fourth-order valence-electron chi connectivity index (χ4n) is 2.70. The Kier molecular flexibility index (Phi) is 4.62. The maximum atomic E-state index is 12.8. The van der Waals surface area contributed by atoms with E-state index in [1.54, 1.807) is 7.11 Å². The number of likely N-dealkylation sites (N-methyl/N-ethyl adjacent to an activating group) is 1. The third kappa shape index (κ3) is 2.78. The van der Waals surface area contributed by atoms with E-state index in [9.17, 15) is 4.79 Å². The zero-order chi connectivity index (χ0) is 14.6. The third-order valence-electron chi connectivity index (χ3n) is 4.06. The summed E-state index contributed by atoms with van der Waals surface area (Å²) in [6, 6.07) is 7.49. The highest BCUT2D eigenvalue weighted by Crippen LogP contribution is 2.29. The van der Waals surface area contributed by atoms with Gasteiger partial charge < -0.3 is 15.4 Å². The lowest BCUT2D eigenvalue weighted by atomic mass is 9.86. The number of ether oxygens (including phenoxy) is 1. The zero-order valence-electron chi connectivity index (χ0n) is 12.4. The van der Waals surface area contributed by atoms with Crippen LogP contribution < -0.4 is 15.4 Å². The Morgan fingerprint density at radius 3 is 2.55 bits per heavy atom. The van der Waals surface area contributed by atoms with Crippen molar-refractivity contribution >= 4 is 11.6 Å². The van der Waals surface area contributed by atoms with Crippen LogP contribution in [0.2, 0.25) is 0 Å². The van der Waals surface area contributed by atoms with Gasteiger partial charge in [-0.1, -0.05) is 12.1 Å². The van der Waals surface area contributed by atoms with Gasteiger partial charge >= 0.3 is 0 Å². The van der Waals surface area contributed by atoms with Gasteiger partial charge in [0, 0.05) is 0 Å². The molecule has 1 aromatic rings. The standard InChI is InChI=1S/C15H23N3O2/c1-18(2)15(8-10-16-11-9-15)14(19)17-12-6-4-5-7-13(12)20-3/h4-7,16H,8-11H2,1-3H3,(H,17,19). The number of nitrogens with one attached hydrogen (secondary N) is 2. The van der Waals surface area contributed by atoms with E-state index in [4.69, 9.17) is 4.74 Å². The molecule has 1 heterocycles. The Labute approximate surface area is 120 Å². The van der Waals surface area contributed by atoms with Crippen molar-refractivity contribution in [3.63, 3.8) is 0 Å². The molecule has 0 bridgehead atoms. The second kappa shape index (κ2) is 6.24. The molecule has 0 aromatic heterocycles. The summed E-state index contributed by atoms with van der Waals surface area (Å²) in [5.74, 6) is 0.720. The van der Waals surface area contributed by atoms with Crippen molar-refractivity contribution in [1.29, 1.82) is 0 Å². The van der Waals surface area contributed by atoms with E-state index in [0.717, 1.165) is 31.6 Å². The summed E-state index contributed by atoms with van der Waals surface area (Å²) in [6.45, 7) is 1.72. The van der Waals surface area contributed by atoms with Crippen molar-refractivity contribution < 1.29 is 9.53 Å². The average Bonchev–Trinajstić information content (AvgIpc) is 2.48. The van der Waals surface area contributed by atoms with E-state index in [0.29, 0.717) is 5.75 Å². The Morgan fingerprint density at radius 1 is 1.30 bits per heavy atom. The molecule has 0 unspecified atom stereocenters. The van der Waals surface area contributed by atoms with E-state index < -0.39 is 5.54 Å². The number of nitrogens with zero attached hydrogens (tertiary/aromatic N) is 1. The summed E-state index contributed by atoms with van der Waals surface area (Å²) in [5, 5.41) is 6.32. The normalized spacial score (nSPS) is 17.8. The summed E-state index contributed by atoms with van der Waals surface area (Å²) in [6.07, 6.45) is 1.61. The minimum absolute atomic E-state index is 0.0356. The van der Waals surface area contributed by atoms with Crippen LogP contribution in [-0.4, -0.2) is 50.6 Å². The molecule has 1 fully saturated rings. The molecule has 0 atom stereocenters. The molecule has 0 aliphatic carbocycles. The lowest BCUT2D eigenvalue weighted by Gasteiger charge is -2.41. The number of hydrogen-bond donors (Lipinski definition) is 2. The quantitative estimate of drug-likeness (QED) is 0.871. The number of benzene rings is 1. The molecule has 1 aromatic carbocycles. The van der Waals surface area contributed by atoms with Crippen LogP contribution in [0.4, 0.5) is 5.69 Å². The molecule has 1 aliphatic heterocycles. The molecule has 0 spiro atoms. The van der Waals surface area contributed by atoms with Gasteiger partial charge in [0.05, 0.1) is 12.8 Å². The van der Waals surface area contributed by atoms with E-state index in [1.807, 2.05) is 43.3 Å². The molecular weight excluding hydrogens is 254 g/mol. The Bertz CT molecular complexity index is 468. The number of para-hydroxylation sites is 2. The Balaban J connectivity index is 2.20. The van der Waals surface area contributed by atoms with Crippen molar-refractivity contribution in [1.82, 2.24) is 10.2 Å². The number of rotatable bonds is 4. The van der Waals surface area contributed by atoms with Crippen LogP contribution >= 0.6 is 0 Å². The first-order valence-corrected chi connectivity index (χ1v) is 6.93. The number of anilines is 1. The number of methoxy groups -OCH3 is 1. The molecule has 2 N–H and O–H groups in total. The van der Waals surface area contributed by atoms with E-state index >= 15 is 0 Å². The second-order valence-electron chi connectivity index (χ2n) is 5.33. The maximum absolute atomic E-state index is 12.8. The van der Waals surface area contributed by atoms with Gasteiger partial charge in [0.2, 0.25) is 5.91 Å². The van der Waals surface area contributed by atoms with E-state index in [-0.39, 0.29) is 5.91 Å².